The van der Waals surface area contributed by atoms with Crippen molar-refractivity contribution in [3.8, 4) is 0 Å². The Balaban J connectivity index is 1.36. The molecular weight excluding hydrogens is 404 g/mol. The maximum absolute atomic E-state index is 13.0. The maximum Gasteiger partial charge on any atom is 0.265 e. The Bertz CT molecular complexity index is 966. The standard InChI is InChI=1S/C22H23ClN4OS/c1-15-20(29-22(25-15)26-19-8-7-18(23)14-24-19)21(28)27-11-9-17(10-12-27)13-16-5-3-2-4-6-16/h2-8,14,17H,9-13H2,1H3,(H,24,25,26). The van der Waals surface area contributed by atoms with Crippen molar-refractivity contribution in [1.29, 1.82) is 0 Å². The quantitative estimate of drug-likeness (QED) is 0.598. The summed E-state index contributed by atoms with van der Waals surface area (Å²) < 4.78 is 0. The molecule has 4 rings (SSSR count). The molecule has 0 unspecified atom stereocenters. The topological polar surface area (TPSA) is 58.1 Å². The molecule has 1 aliphatic heterocycles. The Morgan fingerprint density at radius 3 is 2.66 bits per heavy atom. The summed E-state index contributed by atoms with van der Waals surface area (Å²) >= 11 is 7.25. The number of thiazole rings is 1. The second-order valence-electron chi connectivity index (χ2n) is 7.35. The van der Waals surface area contributed by atoms with Gasteiger partial charge in [0.1, 0.15) is 10.7 Å². The minimum absolute atomic E-state index is 0.0790. The molecule has 1 N–H and O–H groups in total. The van der Waals surface area contributed by atoms with E-state index in [4.69, 9.17) is 11.6 Å². The van der Waals surface area contributed by atoms with Crippen LogP contribution in [0.1, 0.15) is 33.8 Å². The summed E-state index contributed by atoms with van der Waals surface area (Å²) in [6, 6.07) is 14.2. The number of aryl methyl sites for hydroxylation is 1. The first-order valence-corrected chi connectivity index (χ1v) is 11.0. The number of nitrogens with zero attached hydrogens (tertiary/aromatic N) is 3. The van der Waals surface area contributed by atoms with Crippen LogP contribution in [0.5, 0.6) is 0 Å². The third kappa shape index (κ3) is 4.95. The van der Waals surface area contributed by atoms with E-state index in [2.05, 4.69) is 39.6 Å². The minimum atomic E-state index is 0.0790. The van der Waals surface area contributed by atoms with Crippen molar-refractivity contribution < 1.29 is 4.79 Å². The predicted molar refractivity (Wildman–Crippen MR) is 118 cm³/mol. The number of aromatic nitrogens is 2. The van der Waals surface area contributed by atoms with Crippen LogP contribution in [0.2, 0.25) is 5.02 Å². The largest absolute Gasteiger partial charge is 0.338 e. The average Bonchev–Trinajstić information content (AvgIpc) is 3.10. The van der Waals surface area contributed by atoms with E-state index in [-0.39, 0.29) is 5.91 Å². The van der Waals surface area contributed by atoms with Gasteiger partial charge in [0, 0.05) is 19.3 Å². The number of pyridine rings is 1. The number of likely N-dealkylation sites (tertiary alicyclic amines) is 1. The van der Waals surface area contributed by atoms with Gasteiger partial charge >= 0.3 is 0 Å². The molecule has 0 bridgehead atoms. The summed E-state index contributed by atoms with van der Waals surface area (Å²) in [6.45, 7) is 3.48. The lowest BCUT2D eigenvalue weighted by atomic mass is 9.90. The second kappa shape index (κ2) is 8.93. The molecule has 1 saturated heterocycles. The van der Waals surface area contributed by atoms with Crippen molar-refractivity contribution in [2.75, 3.05) is 18.4 Å². The van der Waals surface area contributed by atoms with Crippen LogP contribution in [0.15, 0.2) is 48.7 Å². The maximum atomic E-state index is 13.0. The molecule has 0 radical (unpaired) electrons. The van der Waals surface area contributed by atoms with Gasteiger partial charge in [-0.25, -0.2) is 9.97 Å². The highest BCUT2D eigenvalue weighted by Crippen LogP contribution is 2.29. The van der Waals surface area contributed by atoms with Gasteiger partial charge in [-0.2, -0.15) is 0 Å². The van der Waals surface area contributed by atoms with Gasteiger partial charge in [0.25, 0.3) is 5.91 Å². The summed E-state index contributed by atoms with van der Waals surface area (Å²) in [7, 11) is 0. The predicted octanol–water partition coefficient (Wildman–Crippen LogP) is 5.34. The number of halogens is 1. The summed E-state index contributed by atoms with van der Waals surface area (Å²) in [6.07, 6.45) is 4.75. The van der Waals surface area contributed by atoms with Crippen LogP contribution in [-0.2, 0) is 6.42 Å². The van der Waals surface area contributed by atoms with Crippen LogP contribution in [0.4, 0.5) is 10.9 Å². The first kappa shape index (κ1) is 19.9. The summed E-state index contributed by atoms with van der Waals surface area (Å²) in [5.41, 5.74) is 2.13. The first-order chi connectivity index (χ1) is 14.1. The lowest BCUT2D eigenvalue weighted by Crippen LogP contribution is -2.38. The fourth-order valence-corrected chi connectivity index (χ4v) is 4.69. The first-order valence-electron chi connectivity index (χ1n) is 9.77. The highest BCUT2D eigenvalue weighted by molar-refractivity contribution is 7.17. The molecule has 1 amide bonds. The van der Waals surface area contributed by atoms with E-state index in [9.17, 15) is 4.79 Å². The molecule has 0 spiro atoms. The molecule has 0 atom stereocenters. The molecule has 7 heteroatoms. The second-order valence-corrected chi connectivity index (χ2v) is 8.78. The summed E-state index contributed by atoms with van der Waals surface area (Å²) in [4.78, 5) is 24.4. The Labute approximate surface area is 179 Å². The molecule has 1 fully saturated rings. The van der Waals surface area contributed by atoms with Gasteiger partial charge in [-0.05, 0) is 49.8 Å². The van der Waals surface area contributed by atoms with Gasteiger partial charge in [-0.15, -0.1) is 0 Å². The fraction of sp³-hybridized carbons (Fsp3) is 0.318. The fourth-order valence-electron chi connectivity index (χ4n) is 3.64. The van der Waals surface area contributed by atoms with Gasteiger partial charge < -0.3 is 10.2 Å². The molecule has 3 heterocycles. The Hall–Kier alpha value is -2.44. The summed E-state index contributed by atoms with van der Waals surface area (Å²) in [5, 5.41) is 4.40. The lowest BCUT2D eigenvalue weighted by molar-refractivity contribution is 0.0694. The highest BCUT2D eigenvalue weighted by Gasteiger charge is 2.26. The molecule has 3 aromatic rings. The molecular formula is C22H23ClN4OS. The van der Waals surface area contributed by atoms with E-state index in [1.807, 2.05) is 17.9 Å². The Morgan fingerprint density at radius 2 is 1.97 bits per heavy atom. The normalized spacial score (nSPS) is 14.8. The van der Waals surface area contributed by atoms with E-state index in [0.717, 1.165) is 38.0 Å². The molecule has 0 saturated carbocycles. The lowest BCUT2D eigenvalue weighted by Gasteiger charge is -2.32. The average molecular weight is 427 g/mol. The Morgan fingerprint density at radius 1 is 1.21 bits per heavy atom. The van der Waals surface area contributed by atoms with E-state index in [1.165, 1.54) is 16.9 Å². The van der Waals surface area contributed by atoms with Crippen molar-refractivity contribution in [2.24, 2.45) is 5.92 Å². The molecule has 1 aromatic carbocycles. The van der Waals surface area contributed by atoms with E-state index in [1.54, 1.807) is 18.3 Å². The van der Waals surface area contributed by atoms with Gasteiger partial charge in [0.05, 0.1) is 10.7 Å². The van der Waals surface area contributed by atoms with Crippen molar-refractivity contribution >= 4 is 39.8 Å². The number of hydrogen-bond donors (Lipinski definition) is 1. The van der Waals surface area contributed by atoms with Crippen LogP contribution in [0, 0.1) is 12.8 Å². The van der Waals surface area contributed by atoms with Crippen molar-refractivity contribution in [2.45, 2.75) is 26.2 Å². The molecule has 1 aliphatic rings. The number of anilines is 2. The van der Waals surface area contributed by atoms with E-state index >= 15 is 0 Å². The third-order valence-corrected chi connectivity index (χ3v) is 6.51. The van der Waals surface area contributed by atoms with Crippen LogP contribution >= 0.6 is 22.9 Å². The van der Waals surface area contributed by atoms with Crippen LogP contribution in [-0.4, -0.2) is 33.9 Å². The van der Waals surface area contributed by atoms with Crippen LogP contribution in [0.3, 0.4) is 0 Å². The number of benzene rings is 1. The number of hydrogen-bond acceptors (Lipinski definition) is 5. The van der Waals surface area contributed by atoms with E-state index < -0.39 is 0 Å². The summed E-state index contributed by atoms with van der Waals surface area (Å²) in [5.74, 6) is 1.37. The zero-order valence-electron chi connectivity index (χ0n) is 16.3. The number of carbonyl (C=O) groups is 1. The van der Waals surface area contributed by atoms with Crippen LogP contribution in [0.25, 0.3) is 0 Å². The SMILES string of the molecule is Cc1nc(Nc2ccc(Cl)cn2)sc1C(=O)N1CCC(Cc2ccccc2)CC1. The molecule has 150 valence electrons. The van der Waals surface area contributed by atoms with Crippen LogP contribution < -0.4 is 5.32 Å². The van der Waals surface area contributed by atoms with Gasteiger partial charge in [0.2, 0.25) is 0 Å². The van der Waals surface area contributed by atoms with E-state index in [0.29, 0.717) is 26.8 Å². The molecule has 29 heavy (non-hydrogen) atoms. The molecule has 0 aliphatic carbocycles. The molecule has 5 nitrogen and oxygen atoms in total. The third-order valence-electron chi connectivity index (χ3n) is 5.22. The number of rotatable bonds is 5. The zero-order valence-corrected chi connectivity index (χ0v) is 17.8. The Kier molecular flexibility index (Phi) is 6.11. The van der Waals surface area contributed by atoms with Crippen molar-refractivity contribution in [3.05, 3.63) is 69.8 Å². The minimum Gasteiger partial charge on any atom is -0.338 e. The van der Waals surface area contributed by atoms with Gasteiger partial charge in [0.15, 0.2) is 5.13 Å². The number of nitrogens with one attached hydrogen (secondary N) is 1. The van der Waals surface area contributed by atoms with Crippen molar-refractivity contribution in [1.82, 2.24) is 14.9 Å². The zero-order chi connectivity index (χ0) is 20.2. The number of carbonyl (C=O) groups excluding carboxylic acids is 1. The van der Waals surface area contributed by atoms with Gasteiger partial charge in [-0.1, -0.05) is 53.3 Å². The molecule has 2 aromatic heterocycles. The monoisotopic (exact) mass is 426 g/mol. The highest BCUT2D eigenvalue weighted by atomic mass is 35.5. The van der Waals surface area contributed by atoms with Gasteiger partial charge in [-0.3, -0.25) is 4.79 Å². The number of amides is 1. The number of piperidine rings is 1. The van der Waals surface area contributed by atoms with Crippen molar-refractivity contribution in [3.63, 3.8) is 0 Å². The smallest absolute Gasteiger partial charge is 0.265 e.